The summed E-state index contributed by atoms with van der Waals surface area (Å²) in [5, 5.41) is 8.68. The summed E-state index contributed by atoms with van der Waals surface area (Å²) in [6.45, 7) is 2.47. The fraction of sp³-hybridized carbons (Fsp3) is 0.789. The van der Waals surface area contributed by atoms with Gasteiger partial charge in [-0.2, -0.15) is 0 Å². The molecule has 1 aliphatic heterocycles. The number of ether oxygens (including phenoxy) is 1. The van der Waals surface area contributed by atoms with Gasteiger partial charge in [0, 0.05) is 25.9 Å². The molecule has 2 amide bonds. The molecule has 8 nitrogen and oxygen atoms in total. The standard InChI is InChI=1S/C19H30N4O4S3/c1-3-4-13-30(25,26)18-21-20-17(29-18)23-15(11-12-22(2)19(23)24)27-16(28)14-9-7-5-6-8-10-14/h14-15H,3-13H2,1-2H3. The Morgan fingerprint density at radius 3 is 2.57 bits per heavy atom. The zero-order valence-corrected chi connectivity index (χ0v) is 20.0. The molecule has 1 unspecified atom stereocenters. The predicted octanol–water partition coefficient (Wildman–Crippen LogP) is 4.01. The first-order valence-corrected chi connectivity index (χ1v) is 13.5. The van der Waals surface area contributed by atoms with E-state index >= 15 is 0 Å². The van der Waals surface area contributed by atoms with E-state index in [-0.39, 0.29) is 27.2 Å². The minimum Gasteiger partial charge on any atom is -0.463 e. The molecule has 1 saturated carbocycles. The topological polar surface area (TPSA) is 92.7 Å². The van der Waals surface area contributed by atoms with Crippen LogP contribution >= 0.6 is 23.6 Å². The Morgan fingerprint density at radius 2 is 1.90 bits per heavy atom. The van der Waals surface area contributed by atoms with Crippen molar-refractivity contribution in [1.29, 1.82) is 0 Å². The molecular weight excluding hydrogens is 444 g/mol. The molecule has 0 bridgehead atoms. The van der Waals surface area contributed by atoms with Crippen molar-refractivity contribution in [2.24, 2.45) is 5.92 Å². The molecule has 1 aromatic heterocycles. The van der Waals surface area contributed by atoms with E-state index in [1.807, 2.05) is 6.92 Å². The van der Waals surface area contributed by atoms with Crippen LogP contribution < -0.4 is 4.90 Å². The lowest BCUT2D eigenvalue weighted by Gasteiger charge is -2.38. The fourth-order valence-corrected chi connectivity index (χ4v) is 6.70. The summed E-state index contributed by atoms with van der Waals surface area (Å²) < 4.78 is 31.0. The van der Waals surface area contributed by atoms with Crippen LogP contribution in [0.25, 0.3) is 0 Å². The Morgan fingerprint density at radius 1 is 1.20 bits per heavy atom. The van der Waals surface area contributed by atoms with E-state index in [1.54, 1.807) is 11.9 Å². The van der Waals surface area contributed by atoms with Crippen molar-refractivity contribution >= 4 is 49.6 Å². The Kier molecular flexibility index (Phi) is 8.03. The smallest absolute Gasteiger partial charge is 0.329 e. The van der Waals surface area contributed by atoms with E-state index in [2.05, 4.69) is 10.2 Å². The zero-order valence-electron chi connectivity index (χ0n) is 17.6. The highest BCUT2D eigenvalue weighted by molar-refractivity contribution is 7.93. The molecule has 11 heteroatoms. The van der Waals surface area contributed by atoms with Crippen molar-refractivity contribution in [3.05, 3.63) is 0 Å². The number of urea groups is 1. The molecule has 1 aromatic rings. The number of anilines is 1. The third-order valence-corrected chi connectivity index (χ3v) is 9.21. The van der Waals surface area contributed by atoms with Crippen LogP contribution in [0.5, 0.6) is 0 Å². The SMILES string of the molecule is CCCCS(=O)(=O)c1nnc(N2C(=O)N(C)CCC2OC(=S)C2CCCCCC2)s1. The van der Waals surface area contributed by atoms with Crippen molar-refractivity contribution in [1.82, 2.24) is 15.1 Å². The van der Waals surface area contributed by atoms with Crippen LogP contribution in [0, 0.1) is 5.92 Å². The maximum Gasteiger partial charge on any atom is 0.329 e. The van der Waals surface area contributed by atoms with Gasteiger partial charge >= 0.3 is 6.03 Å². The minimum atomic E-state index is -3.51. The van der Waals surface area contributed by atoms with Crippen LogP contribution in [0.1, 0.15) is 64.7 Å². The number of thiocarbonyl (C=S) groups is 1. The zero-order chi connectivity index (χ0) is 21.7. The van der Waals surface area contributed by atoms with Crippen molar-refractivity contribution in [2.75, 3.05) is 24.2 Å². The van der Waals surface area contributed by atoms with Gasteiger partial charge in [0.15, 0.2) is 11.3 Å². The summed E-state index contributed by atoms with van der Waals surface area (Å²) >= 11 is 6.51. The molecule has 0 spiro atoms. The van der Waals surface area contributed by atoms with Gasteiger partial charge < -0.3 is 9.64 Å². The molecule has 3 rings (SSSR count). The van der Waals surface area contributed by atoms with Crippen LogP contribution in [-0.4, -0.2) is 60.2 Å². The van der Waals surface area contributed by atoms with Crippen LogP contribution in [0.4, 0.5) is 9.93 Å². The Balaban J connectivity index is 1.79. The molecule has 0 radical (unpaired) electrons. The number of carbonyl (C=O) groups is 1. The quantitative estimate of drug-likeness (QED) is 0.335. The third kappa shape index (κ3) is 5.47. The minimum absolute atomic E-state index is 0.0255. The van der Waals surface area contributed by atoms with E-state index in [0.717, 1.165) is 43.4 Å². The molecule has 1 atom stereocenters. The first-order valence-electron chi connectivity index (χ1n) is 10.6. The second-order valence-electron chi connectivity index (χ2n) is 7.97. The molecule has 0 N–H and O–H groups in total. The van der Waals surface area contributed by atoms with E-state index < -0.39 is 16.1 Å². The lowest BCUT2D eigenvalue weighted by Crippen LogP contribution is -2.55. The van der Waals surface area contributed by atoms with Crippen molar-refractivity contribution < 1.29 is 17.9 Å². The highest BCUT2D eigenvalue weighted by Crippen LogP contribution is 2.32. The van der Waals surface area contributed by atoms with Crippen molar-refractivity contribution in [3.8, 4) is 0 Å². The lowest BCUT2D eigenvalue weighted by molar-refractivity contribution is 0.121. The summed E-state index contributed by atoms with van der Waals surface area (Å²) in [5.41, 5.74) is 0. The monoisotopic (exact) mass is 474 g/mol. The fourth-order valence-electron chi connectivity index (χ4n) is 3.75. The number of amides is 2. The molecule has 2 fully saturated rings. The number of nitrogens with zero attached hydrogens (tertiary/aromatic N) is 4. The number of sulfone groups is 1. The van der Waals surface area contributed by atoms with Gasteiger partial charge in [-0.3, -0.25) is 0 Å². The summed E-state index contributed by atoms with van der Waals surface area (Å²) in [5.74, 6) is 0.246. The summed E-state index contributed by atoms with van der Waals surface area (Å²) in [6, 6.07) is -0.288. The van der Waals surface area contributed by atoms with Gasteiger partial charge in [-0.1, -0.05) is 50.4 Å². The first kappa shape index (κ1) is 23.3. The summed E-state index contributed by atoms with van der Waals surface area (Å²) in [6.07, 6.45) is 8.04. The third-order valence-electron chi connectivity index (χ3n) is 5.61. The van der Waals surface area contributed by atoms with Gasteiger partial charge in [0.25, 0.3) is 0 Å². The number of unbranched alkanes of at least 4 members (excludes halogenated alkanes) is 1. The van der Waals surface area contributed by atoms with Crippen LogP contribution in [-0.2, 0) is 14.6 Å². The highest BCUT2D eigenvalue weighted by Gasteiger charge is 2.38. The normalized spacial score (nSPS) is 21.5. The molecule has 30 heavy (non-hydrogen) atoms. The molecule has 2 heterocycles. The number of aromatic nitrogens is 2. The molecule has 1 aliphatic carbocycles. The average molecular weight is 475 g/mol. The number of hydrogen-bond acceptors (Lipinski definition) is 8. The maximum absolute atomic E-state index is 12.9. The number of hydrogen-bond donors (Lipinski definition) is 0. The van der Waals surface area contributed by atoms with Gasteiger partial charge in [-0.25, -0.2) is 18.1 Å². The van der Waals surface area contributed by atoms with Gasteiger partial charge in [-0.15, -0.1) is 10.2 Å². The van der Waals surface area contributed by atoms with Crippen molar-refractivity contribution in [3.63, 3.8) is 0 Å². The molecular formula is C19H30N4O4S3. The van der Waals surface area contributed by atoms with Crippen molar-refractivity contribution in [2.45, 2.75) is 75.3 Å². The second kappa shape index (κ2) is 10.3. The van der Waals surface area contributed by atoms with Crippen LogP contribution in [0.2, 0.25) is 0 Å². The van der Waals surface area contributed by atoms with E-state index in [4.69, 9.17) is 17.0 Å². The molecule has 168 valence electrons. The lowest BCUT2D eigenvalue weighted by atomic mass is 10.0. The number of carbonyl (C=O) groups excluding carboxylic acids is 1. The average Bonchev–Trinajstić information content (AvgIpc) is 3.05. The van der Waals surface area contributed by atoms with Gasteiger partial charge in [-0.05, 0) is 31.5 Å². The van der Waals surface area contributed by atoms with E-state index in [0.29, 0.717) is 24.4 Å². The molecule has 2 aliphatic rings. The summed E-state index contributed by atoms with van der Waals surface area (Å²) in [7, 11) is -1.80. The van der Waals surface area contributed by atoms with Crippen LogP contribution in [0.3, 0.4) is 0 Å². The summed E-state index contributed by atoms with van der Waals surface area (Å²) in [4.78, 5) is 15.9. The Labute approximate surface area is 187 Å². The second-order valence-corrected chi connectivity index (χ2v) is 11.6. The van der Waals surface area contributed by atoms with Gasteiger partial charge in [0.2, 0.25) is 19.3 Å². The molecule has 1 saturated heterocycles. The predicted molar refractivity (Wildman–Crippen MR) is 121 cm³/mol. The van der Waals surface area contributed by atoms with Gasteiger partial charge in [0.05, 0.1) is 5.75 Å². The number of rotatable bonds is 7. The molecule has 0 aromatic carbocycles. The van der Waals surface area contributed by atoms with E-state index in [9.17, 15) is 13.2 Å². The van der Waals surface area contributed by atoms with E-state index in [1.165, 1.54) is 17.7 Å². The Bertz CT molecular complexity index is 850. The Hall–Kier alpha value is -1.33. The first-order chi connectivity index (χ1) is 14.3. The largest absolute Gasteiger partial charge is 0.463 e. The maximum atomic E-state index is 12.9. The van der Waals surface area contributed by atoms with Gasteiger partial charge in [0.1, 0.15) is 0 Å². The van der Waals surface area contributed by atoms with Crippen LogP contribution in [0.15, 0.2) is 4.34 Å². The highest BCUT2D eigenvalue weighted by atomic mass is 32.2.